The maximum absolute atomic E-state index is 4.53. The van der Waals surface area contributed by atoms with E-state index in [1.54, 1.807) is 11.3 Å². The summed E-state index contributed by atoms with van der Waals surface area (Å²) >= 11 is 1.73. The topological polar surface area (TPSA) is 57.7 Å². The molecule has 1 atom stereocenters. The van der Waals surface area contributed by atoms with Gasteiger partial charge in [0.1, 0.15) is 5.82 Å². The van der Waals surface area contributed by atoms with E-state index in [0.717, 1.165) is 42.6 Å². The summed E-state index contributed by atoms with van der Waals surface area (Å²) < 4.78 is 0. The maximum atomic E-state index is 4.53. The Kier molecular flexibility index (Phi) is 3.61. The van der Waals surface area contributed by atoms with Gasteiger partial charge in [-0.25, -0.2) is 9.97 Å². The predicted molar refractivity (Wildman–Crippen MR) is 75.2 cm³/mol. The number of hydrogen-bond donors (Lipinski definition) is 1. The molecule has 6 heteroatoms. The van der Waals surface area contributed by atoms with E-state index in [4.69, 9.17) is 0 Å². The normalized spacial score (nSPS) is 20.2. The molecule has 0 spiro atoms. The van der Waals surface area contributed by atoms with Crippen LogP contribution in [0, 0.1) is 13.8 Å². The van der Waals surface area contributed by atoms with Crippen LogP contribution < -0.4 is 0 Å². The molecule has 1 aliphatic heterocycles. The van der Waals surface area contributed by atoms with Crippen molar-refractivity contribution in [2.45, 2.75) is 39.2 Å². The summed E-state index contributed by atoms with van der Waals surface area (Å²) in [6.07, 6.45) is 3.41. The molecule has 1 saturated heterocycles. The molecule has 0 bridgehead atoms. The molecule has 1 N–H and O–H groups in total. The first-order valence-electron chi connectivity index (χ1n) is 6.76. The summed E-state index contributed by atoms with van der Waals surface area (Å²) in [4.78, 5) is 11.5. The van der Waals surface area contributed by atoms with E-state index in [1.165, 1.54) is 12.1 Å². The van der Waals surface area contributed by atoms with E-state index in [1.807, 2.05) is 6.92 Å². The predicted octanol–water partition coefficient (Wildman–Crippen LogP) is 2.26. The number of rotatable bonds is 4. The molecule has 1 unspecified atom stereocenters. The van der Waals surface area contributed by atoms with Crippen LogP contribution in [0.3, 0.4) is 0 Å². The van der Waals surface area contributed by atoms with E-state index < -0.39 is 0 Å². The van der Waals surface area contributed by atoms with Crippen molar-refractivity contribution < 1.29 is 0 Å². The van der Waals surface area contributed by atoms with Crippen LogP contribution in [-0.4, -0.2) is 38.2 Å². The fourth-order valence-electron chi connectivity index (χ4n) is 2.68. The molecule has 19 heavy (non-hydrogen) atoms. The second-order valence-electron chi connectivity index (χ2n) is 5.08. The van der Waals surface area contributed by atoms with Gasteiger partial charge in [-0.1, -0.05) is 0 Å². The molecule has 1 fully saturated rings. The van der Waals surface area contributed by atoms with Crippen LogP contribution in [0.25, 0.3) is 0 Å². The molecule has 3 rings (SSSR count). The van der Waals surface area contributed by atoms with Crippen molar-refractivity contribution in [3.8, 4) is 0 Å². The fraction of sp³-hybridized carbons (Fsp3) is 0.615. The van der Waals surface area contributed by atoms with E-state index in [9.17, 15) is 0 Å². The number of aryl methyl sites for hydroxylation is 2. The first-order valence-corrected chi connectivity index (χ1v) is 7.64. The van der Waals surface area contributed by atoms with Crippen molar-refractivity contribution >= 4 is 11.3 Å². The number of aromatic nitrogens is 4. The van der Waals surface area contributed by atoms with E-state index in [2.05, 4.69) is 37.4 Å². The third kappa shape index (κ3) is 2.84. The Morgan fingerprint density at radius 2 is 2.32 bits per heavy atom. The summed E-state index contributed by atoms with van der Waals surface area (Å²) in [6, 6.07) is 0.379. The van der Waals surface area contributed by atoms with Crippen LogP contribution in [0.1, 0.15) is 41.2 Å². The molecule has 3 heterocycles. The molecule has 102 valence electrons. The Hall–Kier alpha value is -1.27. The van der Waals surface area contributed by atoms with E-state index in [0.29, 0.717) is 6.04 Å². The lowest BCUT2D eigenvalue weighted by atomic mass is 10.2. The first-order chi connectivity index (χ1) is 9.22. The SMILES string of the molecule is Cc1nc(C2CCCN2CCc2csc(C)n2)n[nH]1. The van der Waals surface area contributed by atoms with Crippen LogP contribution >= 0.6 is 11.3 Å². The molecular formula is C13H19N5S. The molecule has 0 aromatic carbocycles. The van der Waals surface area contributed by atoms with Crippen LogP contribution in [-0.2, 0) is 6.42 Å². The third-order valence-electron chi connectivity index (χ3n) is 3.60. The average Bonchev–Trinajstić information content (AvgIpc) is 3.07. The molecule has 0 amide bonds. The lowest BCUT2D eigenvalue weighted by Gasteiger charge is -2.21. The van der Waals surface area contributed by atoms with Gasteiger partial charge in [0.25, 0.3) is 0 Å². The minimum Gasteiger partial charge on any atom is -0.293 e. The molecule has 2 aromatic rings. The van der Waals surface area contributed by atoms with Gasteiger partial charge in [0.15, 0.2) is 5.82 Å². The molecule has 2 aromatic heterocycles. The standard InChI is InChI=1S/C13H19N5S/c1-9-14-13(17-16-9)12-4-3-6-18(12)7-5-11-8-19-10(2)15-11/h8,12H,3-7H2,1-2H3,(H,14,16,17). The highest BCUT2D eigenvalue weighted by molar-refractivity contribution is 7.09. The van der Waals surface area contributed by atoms with Crippen molar-refractivity contribution in [3.05, 3.63) is 27.7 Å². The highest BCUT2D eigenvalue weighted by Crippen LogP contribution is 2.29. The van der Waals surface area contributed by atoms with E-state index in [-0.39, 0.29) is 0 Å². The number of thiazole rings is 1. The van der Waals surface area contributed by atoms with Gasteiger partial charge < -0.3 is 0 Å². The monoisotopic (exact) mass is 277 g/mol. The summed E-state index contributed by atoms with van der Waals surface area (Å²) in [5.41, 5.74) is 1.21. The summed E-state index contributed by atoms with van der Waals surface area (Å²) in [7, 11) is 0. The van der Waals surface area contributed by atoms with Gasteiger partial charge in [-0.05, 0) is 33.2 Å². The van der Waals surface area contributed by atoms with E-state index >= 15 is 0 Å². The Labute approximate surface area is 117 Å². The van der Waals surface area contributed by atoms with Crippen LogP contribution in [0.4, 0.5) is 0 Å². The average molecular weight is 277 g/mol. The molecule has 5 nitrogen and oxygen atoms in total. The van der Waals surface area contributed by atoms with Crippen molar-refractivity contribution in [3.63, 3.8) is 0 Å². The van der Waals surface area contributed by atoms with Gasteiger partial charge in [-0.3, -0.25) is 10.00 Å². The Balaban J connectivity index is 1.63. The van der Waals surface area contributed by atoms with Gasteiger partial charge >= 0.3 is 0 Å². The van der Waals surface area contributed by atoms with Gasteiger partial charge in [-0.2, -0.15) is 5.10 Å². The Morgan fingerprint density at radius 3 is 3.00 bits per heavy atom. The Bertz CT molecular complexity index is 547. The minimum absolute atomic E-state index is 0.379. The van der Waals surface area contributed by atoms with Gasteiger partial charge in [0, 0.05) is 18.3 Å². The summed E-state index contributed by atoms with van der Waals surface area (Å²) in [5, 5.41) is 10.6. The fourth-order valence-corrected chi connectivity index (χ4v) is 3.32. The van der Waals surface area contributed by atoms with Gasteiger partial charge in [0.05, 0.1) is 16.7 Å². The number of hydrogen-bond acceptors (Lipinski definition) is 5. The van der Waals surface area contributed by atoms with Gasteiger partial charge in [-0.15, -0.1) is 11.3 Å². The van der Waals surface area contributed by atoms with Gasteiger partial charge in [0.2, 0.25) is 0 Å². The molecule has 1 aliphatic rings. The highest BCUT2D eigenvalue weighted by Gasteiger charge is 2.28. The van der Waals surface area contributed by atoms with Crippen molar-refractivity contribution in [2.75, 3.05) is 13.1 Å². The smallest absolute Gasteiger partial charge is 0.167 e. The van der Waals surface area contributed by atoms with Crippen LogP contribution in [0.2, 0.25) is 0 Å². The quantitative estimate of drug-likeness (QED) is 0.931. The zero-order valence-corrected chi connectivity index (χ0v) is 12.2. The first kappa shape index (κ1) is 12.7. The molecule has 0 aliphatic carbocycles. The molecular weight excluding hydrogens is 258 g/mol. The lowest BCUT2D eigenvalue weighted by Crippen LogP contribution is -2.26. The van der Waals surface area contributed by atoms with Crippen molar-refractivity contribution in [1.82, 2.24) is 25.1 Å². The third-order valence-corrected chi connectivity index (χ3v) is 4.42. The lowest BCUT2D eigenvalue weighted by molar-refractivity contribution is 0.251. The van der Waals surface area contributed by atoms with Crippen LogP contribution in [0.5, 0.6) is 0 Å². The zero-order valence-electron chi connectivity index (χ0n) is 11.4. The zero-order chi connectivity index (χ0) is 13.2. The number of H-pyrrole nitrogens is 1. The van der Waals surface area contributed by atoms with Crippen molar-refractivity contribution in [2.24, 2.45) is 0 Å². The summed E-state index contributed by atoms with van der Waals surface area (Å²) in [6.45, 7) is 6.19. The second-order valence-corrected chi connectivity index (χ2v) is 6.14. The largest absolute Gasteiger partial charge is 0.293 e. The number of aromatic amines is 1. The maximum Gasteiger partial charge on any atom is 0.167 e. The van der Waals surface area contributed by atoms with Crippen LogP contribution in [0.15, 0.2) is 5.38 Å². The number of nitrogens with zero attached hydrogens (tertiary/aromatic N) is 4. The Morgan fingerprint density at radius 1 is 1.42 bits per heavy atom. The highest BCUT2D eigenvalue weighted by atomic mass is 32.1. The van der Waals surface area contributed by atoms with Crippen molar-refractivity contribution in [1.29, 1.82) is 0 Å². The number of nitrogens with one attached hydrogen (secondary N) is 1. The summed E-state index contributed by atoms with van der Waals surface area (Å²) in [5.74, 6) is 1.85. The molecule has 0 saturated carbocycles. The number of likely N-dealkylation sites (tertiary alicyclic amines) is 1. The second kappa shape index (κ2) is 5.38. The minimum atomic E-state index is 0.379. The molecule has 0 radical (unpaired) electrons.